The molecule has 13 heteroatoms. The van der Waals surface area contributed by atoms with Crippen molar-refractivity contribution in [3.63, 3.8) is 0 Å². The summed E-state index contributed by atoms with van der Waals surface area (Å²) in [6.07, 6.45) is 0. The van der Waals surface area contributed by atoms with Crippen LogP contribution in [0.4, 0.5) is 17.1 Å². The molecule has 3 aromatic rings. The van der Waals surface area contributed by atoms with E-state index in [0.29, 0.717) is 10.6 Å². The van der Waals surface area contributed by atoms with Crippen molar-refractivity contribution < 1.29 is 23.4 Å². The predicted octanol–water partition coefficient (Wildman–Crippen LogP) is 3.25. The van der Waals surface area contributed by atoms with E-state index in [1.54, 1.807) is 24.3 Å². The lowest BCUT2D eigenvalue weighted by molar-refractivity contribution is 0.0854. The highest BCUT2D eigenvalue weighted by Crippen LogP contribution is 2.27. The summed E-state index contributed by atoms with van der Waals surface area (Å²) in [5.41, 5.74) is -0.212. The van der Waals surface area contributed by atoms with Gasteiger partial charge in [0.05, 0.1) is 36.9 Å². The number of aliphatic hydroxyl groups excluding tert-OH is 1. The van der Waals surface area contributed by atoms with Crippen molar-refractivity contribution in [3.8, 4) is 11.9 Å². The number of rotatable bonds is 10. The van der Waals surface area contributed by atoms with Gasteiger partial charge < -0.3 is 14.9 Å². The van der Waals surface area contributed by atoms with E-state index in [2.05, 4.69) is 27.6 Å². The number of aliphatic hydroxyl groups is 1. The molecule has 1 aromatic heterocycles. The number of azo groups is 1. The van der Waals surface area contributed by atoms with Crippen LogP contribution in [-0.2, 0) is 21.3 Å². The van der Waals surface area contributed by atoms with Gasteiger partial charge in [0.1, 0.15) is 11.6 Å². The van der Waals surface area contributed by atoms with E-state index in [0.717, 1.165) is 4.57 Å². The van der Waals surface area contributed by atoms with Crippen LogP contribution in [0.2, 0.25) is 0 Å². The monoisotopic (exact) mass is 529 g/mol. The molecule has 0 unspecified atom stereocenters. The molecule has 0 aliphatic rings. The Morgan fingerprint density at radius 1 is 1.17 bits per heavy atom. The molecule has 0 saturated carbocycles. The van der Waals surface area contributed by atoms with Crippen LogP contribution in [0.1, 0.15) is 11.1 Å². The molecule has 36 heavy (non-hydrogen) atoms. The van der Waals surface area contributed by atoms with Gasteiger partial charge in [0.25, 0.3) is 15.6 Å². The summed E-state index contributed by atoms with van der Waals surface area (Å²) in [6, 6.07) is 13.9. The number of nitriles is 1. The SMILES string of the molecule is Cc1c(C#N)c(O)n(CCOCCO)c(=O)c1N=Nc1ccc(S(=O)(=O)Nc2cccc(S)c2)cc1. The van der Waals surface area contributed by atoms with E-state index in [-0.39, 0.29) is 53.8 Å². The number of ether oxygens (including phenoxy) is 1. The second kappa shape index (κ2) is 11.8. The number of benzene rings is 2. The first-order chi connectivity index (χ1) is 17.2. The summed E-state index contributed by atoms with van der Waals surface area (Å²) in [5.74, 6) is -0.517. The van der Waals surface area contributed by atoms with Crippen molar-refractivity contribution in [1.29, 1.82) is 5.26 Å². The van der Waals surface area contributed by atoms with Crippen molar-refractivity contribution in [3.05, 3.63) is 70.0 Å². The first-order valence-corrected chi connectivity index (χ1v) is 12.5. The first kappa shape index (κ1) is 26.9. The average molecular weight is 530 g/mol. The summed E-state index contributed by atoms with van der Waals surface area (Å²) >= 11 is 4.19. The van der Waals surface area contributed by atoms with Crippen molar-refractivity contribution in [2.45, 2.75) is 23.3 Å². The van der Waals surface area contributed by atoms with Crippen LogP contribution in [0.25, 0.3) is 0 Å². The second-order valence-corrected chi connectivity index (χ2v) is 9.63. The van der Waals surface area contributed by atoms with Crippen LogP contribution in [-0.4, -0.2) is 43.0 Å². The minimum atomic E-state index is -3.86. The molecule has 188 valence electrons. The second-order valence-electron chi connectivity index (χ2n) is 7.43. The van der Waals surface area contributed by atoms with Gasteiger partial charge in [0.15, 0.2) is 5.69 Å². The quantitative estimate of drug-likeness (QED) is 0.178. The number of nitrogens with zero attached hydrogens (tertiary/aromatic N) is 4. The largest absolute Gasteiger partial charge is 0.493 e. The molecule has 3 N–H and O–H groups in total. The number of hydrogen-bond donors (Lipinski definition) is 4. The molecule has 0 aliphatic heterocycles. The third-order valence-electron chi connectivity index (χ3n) is 4.97. The number of sulfonamides is 1. The van der Waals surface area contributed by atoms with E-state index in [1.165, 1.54) is 31.2 Å². The first-order valence-electron chi connectivity index (χ1n) is 10.6. The van der Waals surface area contributed by atoms with Crippen molar-refractivity contribution >= 4 is 39.7 Å². The molecule has 0 spiro atoms. The van der Waals surface area contributed by atoms with Gasteiger partial charge in [-0.2, -0.15) is 10.4 Å². The predicted molar refractivity (Wildman–Crippen MR) is 135 cm³/mol. The molecule has 0 bridgehead atoms. The van der Waals surface area contributed by atoms with Crippen LogP contribution in [0, 0.1) is 18.3 Å². The van der Waals surface area contributed by atoms with Gasteiger partial charge in [-0.1, -0.05) is 6.07 Å². The van der Waals surface area contributed by atoms with Crippen LogP contribution >= 0.6 is 12.6 Å². The topological polar surface area (TPSA) is 166 Å². The number of aromatic nitrogens is 1. The van der Waals surface area contributed by atoms with E-state index in [9.17, 15) is 23.6 Å². The smallest absolute Gasteiger partial charge is 0.281 e. The van der Waals surface area contributed by atoms with Crippen LogP contribution in [0.3, 0.4) is 0 Å². The fourth-order valence-electron chi connectivity index (χ4n) is 3.17. The summed E-state index contributed by atoms with van der Waals surface area (Å²) < 4.78 is 33.8. The molecule has 0 aliphatic carbocycles. The maximum absolute atomic E-state index is 12.9. The van der Waals surface area contributed by atoms with Gasteiger partial charge in [0.2, 0.25) is 5.88 Å². The Hall–Kier alpha value is -3.70. The summed E-state index contributed by atoms with van der Waals surface area (Å²) in [4.78, 5) is 13.5. The maximum atomic E-state index is 12.9. The number of pyridine rings is 1. The van der Waals surface area contributed by atoms with Gasteiger partial charge in [0, 0.05) is 16.1 Å². The standard InChI is InChI=1S/C23H23N5O6S2/c1-15-20(14-24)22(30)28(9-11-34-12-10-29)23(31)21(15)26-25-16-5-7-19(8-6-16)36(32,33)27-17-3-2-4-18(35)13-17/h2-8,13,27,29-30,35H,9-12H2,1H3. The Morgan fingerprint density at radius 2 is 1.89 bits per heavy atom. The molecule has 3 rings (SSSR count). The number of aromatic hydroxyl groups is 1. The normalized spacial score (nSPS) is 11.5. The van der Waals surface area contributed by atoms with E-state index >= 15 is 0 Å². The van der Waals surface area contributed by atoms with Gasteiger partial charge >= 0.3 is 0 Å². The van der Waals surface area contributed by atoms with Gasteiger partial charge in [-0.3, -0.25) is 14.1 Å². The highest BCUT2D eigenvalue weighted by Gasteiger charge is 2.19. The number of anilines is 1. The Bertz CT molecular complexity index is 1480. The van der Waals surface area contributed by atoms with Gasteiger partial charge in [-0.05, 0) is 49.4 Å². The Balaban J connectivity index is 1.86. The van der Waals surface area contributed by atoms with E-state index in [1.807, 2.05) is 6.07 Å². The average Bonchev–Trinajstić information content (AvgIpc) is 2.84. The fourth-order valence-corrected chi connectivity index (χ4v) is 4.44. The summed E-state index contributed by atoms with van der Waals surface area (Å²) in [7, 11) is -3.86. The molecule has 0 atom stereocenters. The fraction of sp³-hybridized carbons (Fsp3) is 0.217. The Morgan fingerprint density at radius 3 is 2.53 bits per heavy atom. The third kappa shape index (κ3) is 6.29. The zero-order chi connectivity index (χ0) is 26.3. The zero-order valence-electron chi connectivity index (χ0n) is 19.1. The Labute approximate surface area is 212 Å². The number of nitrogens with one attached hydrogen (secondary N) is 1. The molecule has 0 fully saturated rings. The lowest BCUT2D eigenvalue weighted by Gasteiger charge is -2.13. The maximum Gasteiger partial charge on any atom is 0.281 e. The van der Waals surface area contributed by atoms with E-state index < -0.39 is 21.5 Å². The molecule has 0 saturated heterocycles. The summed E-state index contributed by atoms with van der Waals surface area (Å²) in [6.45, 7) is 1.26. The Kier molecular flexibility index (Phi) is 8.83. The van der Waals surface area contributed by atoms with Crippen LogP contribution in [0.15, 0.2) is 73.3 Å². The summed E-state index contributed by atoms with van der Waals surface area (Å²) in [5, 5.41) is 36.6. The highest BCUT2D eigenvalue weighted by molar-refractivity contribution is 7.92. The minimum Gasteiger partial charge on any atom is -0.493 e. The molecule has 0 radical (unpaired) electrons. The van der Waals surface area contributed by atoms with Crippen molar-refractivity contribution in [2.24, 2.45) is 10.2 Å². The van der Waals surface area contributed by atoms with Crippen molar-refractivity contribution in [2.75, 3.05) is 24.5 Å². The highest BCUT2D eigenvalue weighted by atomic mass is 32.2. The molecule has 11 nitrogen and oxygen atoms in total. The molecular formula is C23H23N5O6S2. The van der Waals surface area contributed by atoms with Gasteiger partial charge in [-0.15, -0.1) is 17.7 Å². The number of hydrogen-bond acceptors (Lipinski definition) is 10. The zero-order valence-corrected chi connectivity index (χ0v) is 20.8. The van der Waals surface area contributed by atoms with Crippen LogP contribution < -0.4 is 10.3 Å². The van der Waals surface area contributed by atoms with Crippen LogP contribution in [0.5, 0.6) is 5.88 Å². The van der Waals surface area contributed by atoms with Crippen molar-refractivity contribution in [1.82, 2.24) is 4.57 Å². The molecule has 0 amide bonds. The molecule has 1 heterocycles. The molecule has 2 aromatic carbocycles. The molecular weight excluding hydrogens is 506 g/mol. The number of thiol groups is 1. The lowest BCUT2D eigenvalue weighted by atomic mass is 10.1. The van der Waals surface area contributed by atoms with E-state index in [4.69, 9.17) is 9.84 Å². The van der Waals surface area contributed by atoms with Gasteiger partial charge in [-0.25, -0.2) is 8.42 Å². The minimum absolute atomic E-state index is 0.0103. The third-order valence-corrected chi connectivity index (χ3v) is 6.65. The lowest BCUT2D eigenvalue weighted by Crippen LogP contribution is -2.24.